The first kappa shape index (κ1) is 13.3. The Kier molecular flexibility index (Phi) is 4.78. The van der Waals surface area contributed by atoms with Gasteiger partial charge in [0.25, 0.3) is 0 Å². The average molecular weight is 239 g/mol. The summed E-state index contributed by atoms with van der Waals surface area (Å²) in [5, 5.41) is 8.73. The van der Waals surface area contributed by atoms with Gasteiger partial charge in [0.1, 0.15) is 6.61 Å². The molecule has 5 heteroatoms. The molecule has 0 saturated carbocycles. The molecule has 0 spiro atoms. The first-order valence-electron chi connectivity index (χ1n) is 5.18. The summed E-state index contributed by atoms with van der Waals surface area (Å²) in [4.78, 5) is 12.7. The molecule has 17 heavy (non-hydrogen) atoms. The van der Waals surface area contributed by atoms with Gasteiger partial charge in [0.05, 0.1) is 14.2 Å². The highest BCUT2D eigenvalue weighted by atomic mass is 16.5. The lowest BCUT2D eigenvalue weighted by Gasteiger charge is -2.17. The summed E-state index contributed by atoms with van der Waals surface area (Å²) in [5.41, 5.74) is 0.909. The molecule has 0 aromatic heterocycles. The Bertz CT molecular complexity index is 392. The van der Waals surface area contributed by atoms with Crippen LogP contribution < -0.4 is 9.47 Å². The van der Waals surface area contributed by atoms with Crippen molar-refractivity contribution in [2.75, 3.05) is 27.9 Å². The summed E-state index contributed by atoms with van der Waals surface area (Å²) in [7, 11) is 4.76. The minimum atomic E-state index is -0.482. The van der Waals surface area contributed by atoms with Crippen LogP contribution in [-0.4, -0.2) is 43.8 Å². The van der Waals surface area contributed by atoms with Crippen molar-refractivity contribution in [3.8, 4) is 11.5 Å². The number of carbonyl (C=O) groups is 1. The van der Waals surface area contributed by atoms with Gasteiger partial charge in [-0.1, -0.05) is 6.07 Å². The Morgan fingerprint density at radius 2 is 1.94 bits per heavy atom. The van der Waals surface area contributed by atoms with E-state index in [1.807, 2.05) is 6.07 Å². The molecule has 0 aliphatic heterocycles. The molecule has 0 saturated heterocycles. The fraction of sp³-hybridized carbons (Fsp3) is 0.417. The van der Waals surface area contributed by atoms with Crippen molar-refractivity contribution in [2.45, 2.75) is 6.54 Å². The molecule has 0 radical (unpaired) electrons. The monoisotopic (exact) mass is 239 g/mol. The number of amides is 1. The molecular weight excluding hydrogens is 222 g/mol. The van der Waals surface area contributed by atoms with Gasteiger partial charge in [0.15, 0.2) is 11.5 Å². The Hall–Kier alpha value is -1.75. The summed E-state index contributed by atoms with van der Waals surface area (Å²) in [6.45, 7) is -0.0659. The van der Waals surface area contributed by atoms with Gasteiger partial charge in [-0.15, -0.1) is 0 Å². The van der Waals surface area contributed by atoms with E-state index in [4.69, 9.17) is 14.6 Å². The lowest BCUT2D eigenvalue weighted by Crippen LogP contribution is -2.28. The lowest BCUT2D eigenvalue weighted by molar-refractivity contribution is -0.133. The molecule has 1 N–H and O–H groups in total. The Morgan fingerprint density at radius 3 is 2.47 bits per heavy atom. The number of ether oxygens (including phenoxy) is 2. The molecule has 1 amide bonds. The second-order valence-electron chi connectivity index (χ2n) is 3.60. The van der Waals surface area contributed by atoms with Crippen molar-refractivity contribution < 1.29 is 19.4 Å². The first-order chi connectivity index (χ1) is 8.12. The standard InChI is InChI=1S/C12H17NO4/c1-13(12(15)8-14)7-9-4-5-10(16-2)11(6-9)17-3/h4-6,14H,7-8H2,1-3H3. The van der Waals surface area contributed by atoms with Crippen LogP contribution in [0.2, 0.25) is 0 Å². The lowest BCUT2D eigenvalue weighted by atomic mass is 10.2. The smallest absolute Gasteiger partial charge is 0.248 e. The third-order valence-electron chi connectivity index (χ3n) is 2.43. The second-order valence-corrected chi connectivity index (χ2v) is 3.60. The van der Waals surface area contributed by atoms with E-state index in [1.54, 1.807) is 33.4 Å². The van der Waals surface area contributed by atoms with Crippen LogP contribution in [0.1, 0.15) is 5.56 Å². The third kappa shape index (κ3) is 3.35. The van der Waals surface area contributed by atoms with Gasteiger partial charge in [0.2, 0.25) is 5.91 Å². The fourth-order valence-electron chi connectivity index (χ4n) is 1.46. The van der Waals surface area contributed by atoms with Gasteiger partial charge < -0.3 is 19.5 Å². The topological polar surface area (TPSA) is 59.0 Å². The highest BCUT2D eigenvalue weighted by molar-refractivity contribution is 5.76. The molecule has 0 aliphatic rings. The Morgan fingerprint density at radius 1 is 1.29 bits per heavy atom. The van der Waals surface area contributed by atoms with E-state index in [2.05, 4.69) is 0 Å². The van der Waals surface area contributed by atoms with Crippen molar-refractivity contribution in [3.05, 3.63) is 23.8 Å². The maximum absolute atomic E-state index is 11.2. The number of aliphatic hydroxyl groups excluding tert-OH is 1. The van der Waals surface area contributed by atoms with Gasteiger partial charge in [-0.2, -0.15) is 0 Å². The molecule has 0 aliphatic carbocycles. The van der Waals surface area contributed by atoms with E-state index >= 15 is 0 Å². The van der Waals surface area contributed by atoms with Crippen LogP contribution >= 0.6 is 0 Å². The van der Waals surface area contributed by atoms with Crippen LogP contribution in [0.15, 0.2) is 18.2 Å². The van der Waals surface area contributed by atoms with Crippen molar-refractivity contribution in [1.82, 2.24) is 4.90 Å². The van der Waals surface area contributed by atoms with Gasteiger partial charge in [-0.3, -0.25) is 4.79 Å². The number of hydrogen-bond acceptors (Lipinski definition) is 4. The van der Waals surface area contributed by atoms with Gasteiger partial charge in [-0.25, -0.2) is 0 Å². The molecule has 1 aromatic carbocycles. The molecule has 0 unspecified atom stereocenters. The van der Waals surface area contributed by atoms with Crippen LogP contribution in [0.25, 0.3) is 0 Å². The quantitative estimate of drug-likeness (QED) is 0.819. The van der Waals surface area contributed by atoms with E-state index in [-0.39, 0.29) is 5.91 Å². The van der Waals surface area contributed by atoms with E-state index in [0.29, 0.717) is 18.0 Å². The molecule has 0 atom stereocenters. The molecule has 1 aromatic rings. The predicted molar refractivity (Wildman–Crippen MR) is 63.1 cm³/mol. The highest BCUT2D eigenvalue weighted by Gasteiger charge is 2.10. The fourth-order valence-corrected chi connectivity index (χ4v) is 1.46. The van der Waals surface area contributed by atoms with Gasteiger partial charge in [-0.05, 0) is 17.7 Å². The van der Waals surface area contributed by atoms with Crippen LogP contribution in [0, 0.1) is 0 Å². The van der Waals surface area contributed by atoms with Crippen LogP contribution in [0.3, 0.4) is 0 Å². The molecule has 1 rings (SSSR count). The molecule has 0 fully saturated rings. The number of methoxy groups -OCH3 is 2. The second kappa shape index (κ2) is 6.10. The summed E-state index contributed by atoms with van der Waals surface area (Å²) in [6.07, 6.45) is 0. The largest absolute Gasteiger partial charge is 0.493 e. The Balaban J connectivity index is 2.82. The predicted octanol–water partition coefficient (Wildman–Crippen LogP) is 0.654. The van der Waals surface area contributed by atoms with Crippen molar-refractivity contribution in [2.24, 2.45) is 0 Å². The highest BCUT2D eigenvalue weighted by Crippen LogP contribution is 2.27. The average Bonchev–Trinajstić information content (AvgIpc) is 2.37. The van der Waals surface area contributed by atoms with Crippen molar-refractivity contribution in [1.29, 1.82) is 0 Å². The van der Waals surface area contributed by atoms with E-state index < -0.39 is 6.61 Å². The third-order valence-corrected chi connectivity index (χ3v) is 2.43. The summed E-state index contributed by atoms with van der Waals surface area (Å²) < 4.78 is 10.3. The van der Waals surface area contributed by atoms with Crippen LogP contribution in [0.4, 0.5) is 0 Å². The summed E-state index contributed by atoms with van der Waals surface area (Å²) in [5.74, 6) is 0.946. The maximum Gasteiger partial charge on any atom is 0.248 e. The molecule has 0 heterocycles. The number of benzene rings is 1. The first-order valence-corrected chi connectivity index (χ1v) is 5.18. The SMILES string of the molecule is COc1ccc(CN(C)C(=O)CO)cc1OC. The number of likely N-dealkylation sites (N-methyl/N-ethyl adjacent to an activating group) is 1. The number of nitrogens with zero attached hydrogens (tertiary/aromatic N) is 1. The van der Waals surface area contributed by atoms with Crippen molar-refractivity contribution >= 4 is 5.91 Å². The van der Waals surface area contributed by atoms with Gasteiger partial charge >= 0.3 is 0 Å². The summed E-state index contributed by atoms with van der Waals surface area (Å²) in [6, 6.07) is 5.44. The number of rotatable bonds is 5. The number of hydrogen-bond donors (Lipinski definition) is 1. The summed E-state index contributed by atoms with van der Waals surface area (Å²) >= 11 is 0. The number of carbonyl (C=O) groups excluding carboxylic acids is 1. The molecular formula is C12H17NO4. The van der Waals surface area contributed by atoms with Crippen LogP contribution in [0.5, 0.6) is 11.5 Å². The number of aliphatic hydroxyl groups is 1. The minimum Gasteiger partial charge on any atom is -0.493 e. The normalized spacial score (nSPS) is 9.88. The zero-order chi connectivity index (χ0) is 12.8. The van der Waals surface area contributed by atoms with Gasteiger partial charge in [0, 0.05) is 13.6 Å². The molecule has 94 valence electrons. The van der Waals surface area contributed by atoms with E-state index in [0.717, 1.165) is 5.56 Å². The van der Waals surface area contributed by atoms with Crippen LogP contribution in [-0.2, 0) is 11.3 Å². The zero-order valence-electron chi connectivity index (χ0n) is 10.3. The zero-order valence-corrected chi connectivity index (χ0v) is 10.3. The Labute approximate surface area is 101 Å². The van der Waals surface area contributed by atoms with E-state index in [1.165, 1.54) is 4.90 Å². The molecule has 0 bridgehead atoms. The maximum atomic E-state index is 11.2. The van der Waals surface area contributed by atoms with E-state index in [9.17, 15) is 4.79 Å². The van der Waals surface area contributed by atoms with Crippen molar-refractivity contribution in [3.63, 3.8) is 0 Å². The minimum absolute atomic E-state index is 0.320. The molecule has 5 nitrogen and oxygen atoms in total.